The molecule has 1 atom stereocenters. The number of hydrogen-bond donors (Lipinski definition) is 3. The second-order valence-corrected chi connectivity index (χ2v) is 8.41. The lowest BCUT2D eigenvalue weighted by Gasteiger charge is -2.39. The van der Waals surface area contributed by atoms with E-state index in [4.69, 9.17) is 22.4 Å². The van der Waals surface area contributed by atoms with Crippen LogP contribution in [0.5, 0.6) is 0 Å². The van der Waals surface area contributed by atoms with Gasteiger partial charge in [0, 0.05) is 6.54 Å². The van der Waals surface area contributed by atoms with Crippen LogP contribution in [0, 0.1) is 0 Å². The van der Waals surface area contributed by atoms with Gasteiger partial charge in [0.15, 0.2) is 0 Å². The molecule has 1 aliphatic heterocycles. The van der Waals surface area contributed by atoms with Crippen LogP contribution in [0.15, 0.2) is 34.2 Å². The van der Waals surface area contributed by atoms with Crippen LogP contribution in [-0.4, -0.2) is 43.3 Å². The van der Waals surface area contributed by atoms with Crippen molar-refractivity contribution in [2.75, 3.05) is 6.54 Å². The Labute approximate surface area is 181 Å². The molecule has 1 aliphatic carbocycles. The van der Waals surface area contributed by atoms with Gasteiger partial charge in [-0.25, -0.2) is 0 Å². The fourth-order valence-corrected chi connectivity index (χ4v) is 3.82. The van der Waals surface area contributed by atoms with Crippen LogP contribution in [-0.2, 0) is 11.3 Å². The van der Waals surface area contributed by atoms with E-state index < -0.39 is 34.1 Å². The monoisotopic (exact) mass is 457 g/mol. The average Bonchev–Trinajstić information content (AvgIpc) is 3.17. The number of alkyl halides is 3. The van der Waals surface area contributed by atoms with Crippen molar-refractivity contribution in [1.82, 2.24) is 35.4 Å². The number of rotatable bonds is 5. The molecule has 2 aromatic heterocycles. The highest BCUT2D eigenvalue weighted by Crippen LogP contribution is 2.40. The fourth-order valence-electron chi connectivity index (χ4n) is 3.48. The standard InChI is InChI=1S/C18H23ClF3N9/c1-4-24-15-13(17(20,21)22)14(19)27-18(23,28-15)12-9-11(29-30(12)10-5-6-10)16(2,3)31-25-7-8-26-31/h7-10,27H,4-6,23H2,1-3H3,(H,24,28). The number of nitrogens with two attached hydrogens (primary N) is 1. The summed E-state index contributed by atoms with van der Waals surface area (Å²) in [5.74, 6) is -2.07. The quantitative estimate of drug-likeness (QED) is 0.594. The normalized spacial score (nSPS) is 23.8. The van der Waals surface area contributed by atoms with Gasteiger partial charge in [-0.1, -0.05) is 11.6 Å². The third kappa shape index (κ3) is 3.78. The third-order valence-electron chi connectivity index (χ3n) is 5.26. The molecule has 31 heavy (non-hydrogen) atoms. The summed E-state index contributed by atoms with van der Waals surface area (Å²) in [5, 5.41) is 17.8. The molecule has 0 aromatic carbocycles. The average molecular weight is 458 g/mol. The van der Waals surface area contributed by atoms with Gasteiger partial charge >= 0.3 is 6.18 Å². The molecule has 0 amide bonds. The Balaban J connectivity index is 1.81. The Morgan fingerprint density at radius 1 is 1.26 bits per heavy atom. The van der Waals surface area contributed by atoms with Crippen LogP contribution in [0.4, 0.5) is 13.2 Å². The minimum atomic E-state index is -4.71. The first-order valence-corrected chi connectivity index (χ1v) is 10.2. The number of nitrogens with zero attached hydrogens (tertiary/aromatic N) is 6. The summed E-state index contributed by atoms with van der Waals surface area (Å²) in [4.78, 5) is 5.47. The summed E-state index contributed by atoms with van der Waals surface area (Å²) in [7, 11) is 0. The lowest BCUT2D eigenvalue weighted by molar-refractivity contribution is -0.0880. The molecule has 1 unspecified atom stereocenters. The van der Waals surface area contributed by atoms with Crippen LogP contribution < -0.4 is 16.4 Å². The molecule has 0 radical (unpaired) electrons. The molecule has 0 spiro atoms. The molecule has 1 saturated carbocycles. The highest BCUT2D eigenvalue weighted by atomic mass is 35.5. The van der Waals surface area contributed by atoms with Crippen molar-refractivity contribution in [1.29, 1.82) is 0 Å². The van der Waals surface area contributed by atoms with Gasteiger partial charge in [0.2, 0.25) is 5.79 Å². The topological polar surface area (TPSA) is 111 Å². The Hall–Kier alpha value is -2.60. The van der Waals surface area contributed by atoms with Crippen molar-refractivity contribution < 1.29 is 13.2 Å². The summed E-state index contributed by atoms with van der Waals surface area (Å²) >= 11 is 6.05. The predicted octanol–water partition coefficient (Wildman–Crippen LogP) is 2.29. The van der Waals surface area contributed by atoms with Crippen LogP contribution in [0.1, 0.15) is 51.0 Å². The first-order valence-electron chi connectivity index (χ1n) is 9.81. The highest BCUT2D eigenvalue weighted by molar-refractivity contribution is 6.32. The van der Waals surface area contributed by atoms with E-state index >= 15 is 0 Å². The molecule has 2 aromatic rings. The van der Waals surface area contributed by atoms with Crippen LogP contribution >= 0.6 is 11.6 Å². The van der Waals surface area contributed by atoms with E-state index in [0.717, 1.165) is 12.8 Å². The van der Waals surface area contributed by atoms with Gasteiger partial charge < -0.3 is 10.6 Å². The molecule has 4 rings (SSSR count). The summed E-state index contributed by atoms with van der Waals surface area (Å²) in [5.41, 5.74) is 5.79. The highest BCUT2D eigenvalue weighted by Gasteiger charge is 2.49. The SMILES string of the molecule is CCN=C1NC(N)(c2cc(C(C)(C)n3nccn3)nn2C2CC2)NC(Cl)=C1C(F)(F)F. The summed E-state index contributed by atoms with van der Waals surface area (Å²) in [6.45, 7) is 5.52. The third-order valence-corrected chi connectivity index (χ3v) is 5.54. The van der Waals surface area contributed by atoms with Gasteiger partial charge in [0.1, 0.15) is 27.8 Å². The number of amidine groups is 1. The van der Waals surface area contributed by atoms with Gasteiger partial charge in [-0.15, -0.1) is 0 Å². The van der Waals surface area contributed by atoms with Gasteiger partial charge in [-0.05, 0) is 39.7 Å². The van der Waals surface area contributed by atoms with E-state index in [2.05, 4.69) is 25.8 Å². The fraction of sp³-hybridized carbons (Fsp3) is 0.556. The van der Waals surface area contributed by atoms with Crippen molar-refractivity contribution in [3.05, 3.63) is 40.6 Å². The van der Waals surface area contributed by atoms with Gasteiger partial charge in [-0.2, -0.15) is 33.3 Å². The van der Waals surface area contributed by atoms with Crippen molar-refractivity contribution in [2.45, 2.75) is 57.2 Å². The zero-order valence-electron chi connectivity index (χ0n) is 17.2. The summed E-state index contributed by atoms with van der Waals surface area (Å²) < 4.78 is 42.5. The maximum absolute atomic E-state index is 13.6. The van der Waals surface area contributed by atoms with Crippen LogP contribution in [0.3, 0.4) is 0 Å². The Morgan fingerprint density at radius 2 is 1.90 bits per heavy atom. The zero-order chi connectivity index (χ0) is 22.6. The molecule has 4 N–H and O–H groups in total. The van der Waals surface area contributed by atoms with Crippen molar-refractivity contribution in [3.63, 3.8) is 0 Å². The second kappa shape index (κ2) is 7.23. The van der Waals surface area contributed by atoms with E-state index in [-0.39, 0.29) is 12.6 Å². The van der Waals surface area contributed by atoms with E-state index in [9.17, 15) is 13.2 Å². The number of aromatic nitrogens is 5. The molecule has 13 heteroatoms. The van der Waals surface area contributed by atoms with E-state index in [1.54, 1.807) is 30.1 Å². The molecular weight excluding hydrogens is 435 g/mol. The molecule has 1 fully saturated rings. The van der Waals surface area contributed by atoms with Gasteiger partial charge in [0.25, 0.3) is 0 Å². The summed E-state index contributed by atoms with van der Waals surface area (Å²) in [6, 6.07) is 1.82. The Bertz CT molecular complexity index is 1030. The number of aliphatic imine (C=N–C) groups is 1. The first-order chi connectivity index (χ1) is 14.5. The van der Waals surface area contributed by atoms with Crippen molar-refractivity contribution in [3.8, 4) is 0 Å². The second-order valence-electron chi connectivity index (χ2n) is 8.04. The Morgan fingerprint density at radius 3 is 2.45 bits per heavy atom. The number of halogens is 4. The Kier molecular flexibility index (Phi) is 5.04. The van der Waals surface area contributed by atoms with Crippen LogP contribution in [0.2, 0.25) is 0 Å². The van der Waals surface area contributed by atoms with Crippen molar-refractivity contribution in [2.24, 2.45) is 10.7 Å². The molecule has 0 saturated heterocycles. The van der Waals surface area contributed by atoms with E-state index in [1.165, 1.54) is 4.80 Å². The summed E-state index contributed by atoms with van der Waals surface area (Å²) in [6.07, 6.45) is 0.190. The van der Waals surface area contributed by atoms with E-state index in [0.29, 0.717) is 11.4 Å². The molecule has 0 bridgehead atoms. The lowest BCUT2D eigenvalue weighted by atomic mass is 10.0. The molecular formula is C18H23ClF3N9. The minimum Gasteiger partial charge on any atom is -0.335 e. The molecule has 9 nitrogen and oxygen atoms in total. The maximum Gasteiger partial charge on any atom is 0.422 e. The molecule has 168 valence electrons. The molecule has 3 heterocycles. The number of hydrogen-bond acceptors (Lipinski definition) is 6. The molecule has 2 aliphatic rings. The zero-order valence-corrected chi connectivity index (χ0v) is 18.0. The number of nitrogens with one attached hydrogen (secondary N) is 2. The largest absolute Gasteiger partial charge is 0.422 e. The first kappa shape index (κ1) is 21.6. The van der Waals surface area contributed by atoms with Crippen LogP contribution in [0.25, 0.3) is 0 Å². The predicted molar refractivity (Wildman–Crippen MR) is 108 cm³/mol. The van der Waals surface area contributed by atoms with Crippen molar-refractivity contribution >= 4 is 17.4 Å². The van der Waals surface area contributed by atoms with Gasteiger partial charge in [0.05, 0.1) is 24.1 Å². The van der Waals surface area contributed by atoms with Gasteiger partial charge in [-0.3, -0.25) is 15.4 Å². The minimum absolute atomic E-state index is 0.0903. The lowest BCUT2D eigenvalue weighted by Crippen LogP contribution is -2.66. The smallest absolute Gasteiger partial charge is 0.335 e. The maximum atomic E-state index is 13.6. The van der Waals surface area contributed by atoms with E-state index in [1.807, 2.05) is 13.8 Å².